The van der Waals surface area contributed by atoms with E-state index in [1.165, 1.54) is 6.42 Å². The number of aromatic nitrogens is 2. The fraction of sp³-hybridized carbons (Fsp3) is 0.409. The van der Waals surface area contributed by atoms with Crippen LogP contribution in [0.4, 0.5) is 17.1 Å². The highest BCUT2D eigenvalue weighted by Gasteiger charge is 2.20. The summed E-state index contributed by atoms with van der Waals surface area (Å²) in [6.45, 7) is 4.02. The maximum atomic E-state index is 12.4. The van der Waals surface area contributed by atoms with Crippen LogP contribution in [-0.4, -0.2) is 27.1 Å². The number of hydrogen-bond acceptors (Lipinski definition) is 5. The summed E-state index contributed by atoms with van der Waals surface area (Å²) < 4.78 is 3.30. The maximum absolute atomic E-state index is 12.4. The number of para-hydroxylation sites is 1. The van der Waals surface area contributed by atoms with Crippen molar-refractivity contribution >= 4 is 28.1 Å². The van der Waals surface area contributed by atoms with Gasteiger partial charge < -0.3 is 10.2 Å². The van der Waals surface area contributed by atoms with E-state index in [2.05, 4.69) is 16.3 Å². The van der Waals surface area contributed by atoms with E-state index in [0.29, 0.717) is 17.7 Å². The van der Waals surface area contributed by atoms with E-state index >= 15 is 0 Å². The van der Waals surface area contributed by atoms with Crippen LogP contribution in [0.15, 0.2) is 35.1 Å². The molecule has 0 bridgehead atoms. The number of anilines is 2. The zero-order valence-electron chi connectivity index (χ0n) is 17.6. The van der Waals surface area contributed by atoms with Gasteiger partial charge in [0.15, 0.2) is 0 Å². The van der Waals surface area contributed by atoms with E-state index in [9.17, 15) is 14.9 Å². The molecule has 0 radical (unpaired) electrons. The summed E-state index contributed by atoms with van der Waals surface area (Å²) in [6, 6.07) is 9.44. The van der Waals surface area contributed by atoms with Crippen LogP contribution in [0.5, 0.6) is 0 Å². The molecule has 8 nitrogen and oxygen atoms in total. The first-order chi connectivity index (χ1) is 14.4. The lowest BCUT2D eigenvalue weighted by atomic mass is 10.1. The van der Waals surface area contributed by atoms with Gasteiger partial charge in [0.05, 0.1) is 27.3 Å². The number of benzene rings is 2. The molecule has 30 heavy (non-hydrogen) atoms. The smallest absolute Gasteiger partial charge is 0.328 e. The van der Waals surface area contributed by atoms with Crippen molar-refractivity contribution in [3.63, 3.8) is 0 Å². The van der Waals surface area contributed by atoms with Crippen LogP contribution in [0.25, 0.3) is 11.0 Å². The number of rotatable bonds is 5. The van der Waals surface area contributed by atoms with E-state index in [4.69, 9.17) is 0 Å². The van der Waals surface area contributed by atoms with Gasteiger partial charge in [0, 0.05) is 44.9 Å². The summed E-state index contributed by atoms with van der Waals surface area (Å²) in [7, 11) is 3.55. The Hall–Kier alpha value is -3.29. The predicted octanol–water partition coefficient (Wildman–Crippen LogP) is 3.70. The van der Waals surface area contributed by atoms with Gasteiger partial charge in [-0.1, -0.05) is 18.2 Å². The average molecular weight is 409 g/mol. The van der Waals surface area contributed by atoms with Crippen LogP contribution in [0.2, 0.25) is 0 Å². The molecule has 2 heterocycles. The molecule has 1 saturated heterocycles. The van der Waals surface area contributed by atoms with Gasteiger partial charge in [-0.05, 0) is 38.3 Å². The van der Waals surface area contributed by atoms with Crippen LogP contribution in [0.3, 0.4) is 0 Å². The zero-order chi connectivity index (χ0) is 21.4. The third kappa shape index (κ3) is 3.42. The first-order valence-corrected chi connectivity index (χ1v) is 10.3. The van der Waals surface area contributed by atoms with Crippen molar-refractivity contribution in [1.82, 2.24) is 9.13 Å². The molecule has 0 amide bonds. The normalized spacial score (nSPS) is 14.3. The van der Waals surface area contributed by atoms with Gasteiger partial charge in [0.2, 0.25) is 0 Å². The van der Waals surface area contributed by atoms with Gasteiger partial charge >= 0.3 is 5.69 Å². The molecule has 2 aromatic carbocycles. The quantitative estimate of drug-likeness (QED) is 0.513. The van der Waals surface area contributed by atoms with Gasteiger partial charge in [0.1, 0.15) is 0 Å². The molecular formula is C22H27N5O3. The van der Waals surface area contributed by atoms with Crippen molar-refractivity contribution in [2.75, 3.05) is 23.3 Å². The molecule has 0 spiro atoms. The molecule has 1 aliphatic heterocycles. The van der Waals surface area contributed by atoms with Gasteiger partial charge in [0.25, 0.3) is 5.69 Å². The number of nitro groups is 1. The van der Waals surface area contributed by atoms with E-state index in [-0.39, 0.29) is 16.3 Å². The Morgan fingerprint density at radius 1 is 1.07 bits per heavy atom. The second kappa shape index (κ2) is 7.85. The molecule has 158 valence electrons. The fourth-order valence-corrected chi connectivity index (χ4v) is 4.39. The number of nitrogens with one attached hydrogen (secondary N) is 1. The van der Waals surface area contributed by atoms with E-state index in [0.717, 1.165) is 48.3 Å². The summed E-state index contributed by atoms with van der Waals surface area (Å²) in [6.07, 6.45) is 3.49. The molecule has 1 N–H and O–H groups in total. The number of nitro benzene ring substituents is 1. The molecule has 4 rings (SSSR count). The number of aryl methyl sites for hydroxylation is 3. The lowest BCUT2D eigenvalue weighted by molar-refractivity contribution is -0.386. The first kappa shape index (κ1) is 20.0. The van der Waals surface area contributed by atoms with Crippen molar-refractivity contribution in [2.24, 2.45) is 14.1 Å². The minimum Gasteiger partial charge on any atom is -0.379 e. The van der Waals surface area contributed by atoms with Gasteiger partial charge in [-0.2, -0.15) is 0 Å². The molecule has 1 aromatic heterocycles. The van der Waals surface area contributed by atoms with Crippen molar-refractivity contribution < 1.29 is 4.92 Å². The SMILES string of the molecule is Cc1cccc(CNc2cc3c(cc2N2CCCCC2)n(C)c(=O)n3C)c1[N+](=O)[O-]. The monoisotopic (exact) mass is 409 g/mol. The van der Waals surface area contributed by atoms with Crippen molar-refractivity contribution in [1.29, 1.82) is 0 Å². The number of hydrogen-bond donors (Lipinski definition) is 1. The van der Waals surface area contributed by atoms with Crippen molar-refractivity contribution in [3.05, 3.63) is 62.1 Å². The Bertz CT molecular complexity index is 1170. The minimum atomic E-state index is -0.317. The maximum Gasteiger partial charge on any atom is 0.328 e. The molecule has 8 heteroatoms. The Labute approximate surface area is 174 Å². The van der Waals surface area contributed by atoms with E-state index in [1.807, 2.05) is 12.1 Å². The molecule has 0 saturated carbocycles. The molecule has 1 aliphatic rings. The number of fused-ring (bicyclic) bond motifs is 1. The molecule has 0 unspecified atom stereocenters. The van der Waals surface area contributed by atoms with E-state index < -0.39 is 0 Å². The highest BCUT2D eigenvalue weighted by Crippen LogP contribution is 2.34. The van der Waals surface area contributed by atoms with Crippen LogP contribution >= 0.6 is 0 Å². The molecule has 1 fully saturated rings. The Kier molecular flexibility index (Phi) is 5.24. The molecule has 0 atom stereocenters. The first-order valence-electron chi connectivity index (χ1n) is 10.3. The Morgan fingerprint density at radius 3 is 2.40 bits per heavy atom. The Morgan fingerprint density at radius 2 is 1.73 bits per heavy atom. The van der Waals surface area contributed by atoms with Gasteiger partial charge in [-0.15, -0.1) is 0 Å². The van der Waals surface area contributed by atoms with Gasteiger partial charge in [-0.25, -0.2) is 4.79 Å². The second-order valence-electron chi connectivity index (χ2n) is 8.00. The van der Waals surface area contributed by atoms with Crippen LogP contribution in [0.1, 0.15) is 30.4 Å². The largest absolute Gasteiger partial charge is 0.379 e. The molecule has 0 aliphatic carbocycles. The topological polar surface area (TPSA) is 85.3 Å². The summed E-state index contributed by atoms with van der Waals surface area (Å²) >= 11 is 0. The highest BCUT2D eigenvalue weighted by atomic mass is 16.6. The van der Waals surface area contributed by atoms with Gasteiger partial charge in [-0.3, -0.25) is 19.2 Å². The zero-order valence-corrected chi connectivity index (χ0v) is 17.6. The number of imidazole rings is 1. The summed E-state index contributed by atoms with van der Waals surface area (Å²) in [5.74, 6) is 0. The van der Waals surface area contributed by atoms with E-state index in [1.54, 1.807) is 42.3 Å². The number of piperidine rings is 1. The van der Waals surface area contributed by atoms with Crippen LogP contribution in [-0.2, 0) is 20.6 Å². The standard InChI is InChI=1S/C22H27N5O3/c1-15-8-7-9-16(21(15)27(29)30)14-23-17-12-19-20(25(3)22(28)24(19)2)13-18(17)26-10-5-4-6-11-26/h7-9,12-13,23H,4-6,10-11,14H2,1-3H3. The second-order valence-corrected chi connectivity index (χ2v) is 8.00. The average Bonchev–Trinajstić information content (AvgIpc) is 2.95. The summed E-state index contributed by atoms with van der Waals surface area (Å²) in [4.78, 5) is 26.0. The molecular weight excluding hydrogens is 382 g/mol. The van der Waals surface area contributed by atoms with Crippen molar-refractivity contribution in [2.45, 2.75) is 32.7 Å². The predicted molar refractivity (Wildman–Crippen MR) is 119 cm³/mol. The third-order valence-corrected chi connectivity index (χ3v) is 6.06. The van der Waals surface area contributed by atoms with Crippen LogP contribution < -0.4 is 15.9 Å². The van der Waals surface area contributed by atoms with Crippen LogP contribution in [0, 0.1) is 17.0 Å². The minimum absolute atomic E-state index is 0.0685. The highest BCUT2D eigenvalue weighted by molar-refractivity contribution is 5.89. The molecule has 3 aromatic rings. The summed E-state index contributed by atoms with van der Waals surface area (Å²) in [5.41, 5.74) is 5.03. The fourth-order valence-electron chi connectivity index (χ4n) is 4.39. The van der Waals surface area contributed by atoms with Crippen molar-refractivity contribution in [3.8, 4) is 0 Å². The lowest BCUT2D eigenvalue weighted by Gasteiger charge is -2.31. The Balaban J connectivity index is 1.77. The summed E-state index contributed by atoms with van der Waals surface area (Å²) in [5, 5.41) is 15.0. The number of nitrogens with zero attached hydrogens (tertiary/aromatic N) is 4. The lowest BCUT2D eigenvalue weighted by Crippen LogP contribution is -2.30. The third-order valence-electron chi connectivity index (χ3n) is 6.06.